The van der Waals surface area contributed by atoms with E-state index in [1.807, 2.05) is 0 Å². The van der Waals surface area contributed by atoms with Crippen molar-refractivity contribution in [2.45, 2.75) is 47.0 Å². The van der Waals surface area contributed by atoms with Crippen LogP contribution in [0.25, 0.3) is 0 Å². The van der Waals surface area contributed by atoms with Crippen LogP contribution in [0.2, 0.25) is 0 Å². The van der Waals surface area contributed by atoms with E-state index in [1.165, 1.54) is 39.0 Å². The van der Waals surface area contributed by atoms with Crippen molar-refractivity contribution in [1.82, 2.24) is 0 Å². The van der Waals surface area contributed by atoms with Crippen molar-refractivity contribution in [2.24, 2.45) is 0 Å². The van der Waals surface area contributed by atoms with Gasteiger partial charge in [0.1, 0.15) is 0 Å². The van der Waals surface area contributed by atoms with Gasteiger partial charge in [-0.2, -0.15) is 0 Å². The van der Waals surface area contributed by atoms with Crippen molar-refractivity contribution in [3.63, 3.8) is 0 Å². The Kier molecular flexibility index (Phi) is 4.26. The van der Waals surface area contributed by atoms with Crippen LogP contribution in [-0.2, 0) is 0 Å². The highest BCUT2D eigenvalue weighted by molar-refractivity contribution is 5.50. The number of aryl methyl sites for hydroxylation is 4. The maximum atomic E-state index is 2.36. The van der Waals surface area contributed by atoms with Crippen molar-refractivity contribution in [3.8, 4) is 0 Å². The van der Waals surface area contributed by atoms with E-state index < -0.39 is 0 Å². The van der Waals surface area contributed by atoms with Crippen LogP contribution in [0, 0.1) is 27.7 Å². The Bertz CT molecular complexity index is 711. The van der Waals surface area contributed by atoms with E-state index in [0.29, 0.717) is 5.92 Å². The van der Waals surface area contributed by atoms with Gasteiger partial charge in [0.15, 0.2) is 0 Å². The summed E-state index contributed by atoms with van der Waals surface area (Å²) in [6.07, 6.45) is 5.63. The van der Waals surface area contributed by atoms with E-state index in [0.717, 1.165) is 6.42 Å². The molecule has 1 aliphatic rings. The van der Waals surface area contributed by atoms with Crippen LogP contribution >= 0.6 is 0 Å². The van der Waals surface area contributed by atoms with E-state index in [2.05, 4.69) is 83.2 Å². The van der Waals surface area contributed by atoms with Crippen LogP contribution in [-0.4, -0.2) is 0 Å². The smallest absolute Gasteiger partial charge is 0.0308 e. The summed E-state index contributed by atoms with van der Waals surface area (Å²) in [5.41, 5.74) is 11.2. The quantitative estimate of drug-likeness (QED) is 0.621. The molecule has 0 bridgehead atoms. The maximum absolute atomic E-state index is 2.36. The minimum Gasteiger partial charge on any atom is -0.0802 e. The maximum Gasteiger partial charge on any atom is 0.0308 e. The van der Waals surface area contributed by atoms with Gasteiger partial charge >= 0.3 is 0 Å². The molecule has 0 N–H and O–H groups in total. The summed E-state index contributed by atoms with van der Waals surface area (Å²) < 4.78 is 0. The van der Waals surface area contributed by atoms with Gasteiger partial charge in [-0.25, -0.2) is 0 Å². The minimum absolute atomic E-state index is 0.363. The Morgan fingerprint density at radius 1 is 0.652 bits per heavy atom. The fraction of sp³-hybridized carbons (Fsp3) is 0.304. The van der Waals surface area contributed by atoms with Crippen molar-refractivity contribution in [2.75, 3.05) is 0 Å². The van der Waals surface area contributed by atoms with Gasteiger partial charge in [-0.3, -0.25) is 0 Å². The molecule has 0 atom stereocenters. The number of allylic oxidation sites excluding steroid dienone is 4. The second kappa shape index (κ2) is 6.20. The van der Waals surface area contributed by atoms with Crippen molar-refractivity contribution in [1.29, 1.82) is 0 Å². The molecule has 0 spiro atoms. The molecule has 0 heterocycles. The molecular weight excluding hydrogens is 276 g/mol. The first-order chi connectivity index (χ1) is 10.9. The Labute approximate surface area is 140 Å². The van der Waals surface area contributed by atoms with Crippen LogP contribution in [0.15, 0.2) is 59.7 Å². The van der Waals surface area contributed by atoms with E-state index in [-0.39, 0.29) is 0 Å². The summed E-state index contributed by atoms with van der Waals surface area (Å²) in [5, 5.41) is 0. The third-order valence-corrected chi connectivity index (χ3v) is 4.72. The highest BCUT2D eigenvalue weighted by Gasteiger charge is 2.22. The third kappa shape index (κ3) is 3.32. The molecule has 23 heavy (non-hydrogen) atoms. The third-order valence-electron chi connectivity index (χ3n) is 4.72. The molecule has 3 rings (SSSR count). The lowest BCUT2D eigenvalue weighted by molar-refractivity contribution is 0.900. The lowest BCUT2D eigenvalue weighted by atomic mass is 9.81. The average molecular weight is 302 g/mol. The summed E-state index contributed by atoms with van der Waals surface area (Å²) in [4.78, 5) is 0. The number of hydrogen-bond donors (Lipinski definition) is 0. The molecular formula is C23H26. The highest BCUT2D eigenvalue weighted by atomic mass is 14.3. The van der Waals surface area contributed by atoms with Gasteiger partial charge in [0.2, 0.25) is 0 Å². The van der Waals surface area contributed by atoms with Crippen molar-refractivity contribution < 1.29 is 0 Å². The minimum atomic E-state index is 0.363. The molecule has 1 aliphatic carbocycles. The lowest BCUT2D eigenvalue weighted by Crippen LogP contribution is -2.07. The molecule has 0 nitrogen and oxygen atoms in total. The van der Waals surface area contributed by atoms with Gasteiger partial charge < -0.3 is 0 Å². The zero-order valence-electron chi connectivity index (χ0n) is 14.9. The molecule has 0 fully saturated rings. The van der Waals surface area contributed by atoms with Crippen LogP contribution in [0.3, 0.4) is 0 Å². The Morgan fingerprint density at radius 2 is 1.09 bits per heavy atom. The summed E-state index contributed by atoms with van der Waals surface area (Å²) in [6, 6.07) is 13.9. The molecule has 0 unspecified atom stereocenters. The molecule has 2 aromatic rings. The van der Waals surface area contributed by atoms with Gasteiger partial charge in [-0.1, -0.05) is 82.0 Å². The Balaban J connectivity index is 2.20. The number of hydrogen-bond acceptors (Lipinski definition) is 0. The molecule has 118 valence electrons. The summed E-state index contributed by atoms with van der Waals surface area (Å²) in [6.45, 7) is 11.0. The molecule has 0 heteroatoms. The normalized spacial score (nSPS) is 14.2. The highest BCUT2D eigenvalue weighted by Crippen LogP contribution is 2.39. The lowest BCUT2D eigenvalue weighted by Gasteiger charge is -2.23. The van der Waals surface area contributed by atoms with Crippen molar-refractivity contribution >= 4 is 0 Å². The Morgan fingerprint density at radius 3 is 1.43 bits per heavy atom. The number of benzene rings is 2. The van der Waals surface area contributed by atoms with E-state index in [4.69, 9.17) is 0 Å². The largest absolute Gasteiger partial charge is 0.0802 e. The van der Waals surface area contributed by atoms with Crippen LogP contribution in [0.4, 0.5) is 0 Å². The first-order valence-electron chi connectivity index (χ1n) is 8.46. The zero-order chi connectivity index (χ0) is 16.6. The second-order valence-corrected chi connectivity index (χ2v) is 7.09. The average Bonchev–Trinajstić information content (AvgIpc) is 2.83. The van der Waals surface area contributed by atoms with E-state index in [1.54, 1.807) is 5.57 Å². The Hall–Kier alpha value is -2.08. The first-order valence-corrected chi connectivity index (χ1v) is 8.46. The monoisotopic (exact) mass is 302 g/mol. The van der Waals surface area contributed by atoms with E-state index >= 15 is 0 Å². The fourth-order valence-corrected chi connectivity index (χ4v) is 3.92. The summed E-state index contributed by atoms with van der Waals surface area (Å²) >= 11 is 0. The fourth-order valence-electron chi connectivity index (χ4n) is 3.92. The molecule has 2 aromatic carbocycles. The molecule has 0 radical (unpaired) electrons. The predicted octanol–water partition coefficient (Wildman–Crippen LogP) is 6.33. The topological polar surface area (TPSA) is 0 Å². The first kappa shape index (κ1) is 15.8. The molecule has 0 amide bonds. The SMILES string of the molecule is CC1=C(C(c2cc(C)cc(C)c2)c2cc(C)cc(C)c2)CC=C1. The number of rotatable bonds is 3. The van der Waals surface area contributed by atoms with E-state index in [9.17, 15) is 0 Å². The molecule has 0 saturated carbocycles. The second-order valence-electron chi connectivity index (χ2n) is 7.09. The zero-order valence-corrected chi connectivity index (χ0v) is 14.9. The standard InChI is InChI=1S/C23H26/c1-15-9-16(2)12-20(11-15)23(22-8-6-7-19(22)5)21-13-17(3)10-18(4)14-21/h6-7,9-14,23H,8H2,1-5H3. The molecule has 0 aromatic heterocycles. The van der Waals surface area contributed by atoms with Gasteiger partial charge in [-0.15, -0.1) is 0 Å². The van der Waals surface area contributed by atoms with Gasteiger partial charge in [-0.05, 0) is 52.2 Å². The summed E-state index contributed by atoms with van der Waals surface area (Å²) in [5.74, 6) is 0.363. The summed E-state index contributed by atoms with van der Waals surface area (Å²) in [7, 11) is 0. The molecule has 0 saturated heterocycles. The molecule has 0 aliphatic heterocycles. The van der Waals surface area contributed by atoms with Crippen LogP contribution < -0.4 is 0 Å². The van der Waals surface area contributed by atoms with Gasteiger partial charge in [0, 0.05) is 5.92 Å². The van der Waals surface area contributed by atoms with Crippen molar-refractivity contribution in [3.05, 3.63) is 93.1 Å². The van der Waals surface area contributed by atoms with Crippen LogP contribution in [0.5, 0.6) is 0 Å². The van der Waals surface area contributed by atoms with Gasteiger partial charge in [0.25, 0.3) is 0 Å². The van der Waals surface area contributed by atoms with Gasteiger partial charge in [0.05, 0.1) is 0 Å². The predicted molar refractivity (Wildman–Crippen MR) is 100 cm³/mol. The van der Waals surface area contributed by atoms with Crippen LogP contribution in [0.1, 0.15) is 52.6 Å².